The number of nitrogens with zero attached hydrogens (tertiary/aromatic N) is 3. The number of benzene rings is 2. The molecular weight excluding hydrogens is 466 g/mol. The Morgan fingerprint density at radius 2 is 1.86 bits per heavy atom. The van der Waals surface area contributed by atoms with E-state index >= 15 is 0 Å². The van der Waals surface area contributed by atoms with E-state index in [2.05, 4.69) is 15.4 Å². The number of nitrogen functional groups attached to an aromatic ring is 1. The third-order valence-corrected chi connectivity index (χ3v) is 6.47. The fraction of sp³-hybridized carbons (Fsp3) is 0.160. The van der Waals surface area contributed by atoms with Crippen LogP contribution in [0.4, 0.5) is 11.5 Å². The molecule has 0 aliphatic rings. The highest BCUT2D eigenvalue weighted by atomic mass is 32.2. The molecule has 2 aromatic carbocycles. The molecule has 4 aromatic rings. The number of nitrogens with two attached hydrogens (primary N) is 1. The van der Waals surface area contributed by atoms with Crippen LogP contribution in [0.3, 0.4) is 0 Å². The molecule has 0 spiro atoms. The molecule has 3 N–H and O–H groups in total. The molecule has 180 valence electrons. The summed E-state index contributed by atoms with van der Waals surface area (Å²) in [5.74, 6) is 0.282. The Morgan fingerprint density at radius 3 is 2.57 bits per heavy atom. The smallest absolute Gasteiger partial charge is 0.255 e. The van der Waals surface area contributed by atoms with Crippen molar-refractivity contribution < 1.29 is 17.9 Å². The molecule has 2 aromatic heterocycles. The van der Waals surface area contributed by atoms with Crippen molar-refractivity contribution in [3.8, 4) is 16.9 Å². The first-order chi connectivity index (χ1) is 16.6. The summed E-state index contributed by atoms with van der Waals surface area (Å²) in [4.78, 5) is 17.0. The number of carbonyl (C=O) groups excluding carboxylic acids is 1. The summed E-state index contributed by atoms with van der Waals surface area (Å²) in [5.41, 5.74) is 9.35. The molecule has 35 heavy (non-hydrogen) atoms. The highest BCUT2D eigenvalue weighted by Gasteiger charge is 2.15. The van der Waals surface area contributed by atoms with E-state index in [1.54, 1.807) is 41.3 Å². The zero-order valence-electron chi connectivity index (χ0n) is 19.5. The lowest BCUT2D eigenvalue weighted by atomic mass is 10.1. The number of sulfone groups is 1. The lowest BCUT2D eigenvalue weighted by Gasteiger charge is -2.17. The van der Waals surface area contributed by atoms with Crippen LogP contribution in [0.15, 0.2) is 78.1 Å². The molecule has 4 rings (SSSR count). The summed E-state index contributed by atoms with van der Waals surface area (Å²) in [6.45, 7) is 1.87. The number of pyridine rings is 1. The van der Waals surface area contributed by atoms with E-state index in [4.69, 9.17) is 10.5 Å². The van der Waals surface area contributed by atoms with Crippen molar-refractivity contribution >= 4 is 27.2 Å². The summed E-state index contributed by atoms with van der Waals surface area (Å²) in [6, 6.07) is 14.9. The van der Waals surface area contributed by atoms with Crippen molar-refractivity contribution in [3.05, 3.63) is 84.3 Å². The summed E-state index contributed by atoms with van der Waals surface area (Å²) >= 11 is 0. The van der Waals surface area contributed by atoms with E-state index < -0.39 is 21.8 Å². The maximum absolute atomic E-state index is 12.7. The predicted molar refractivity (Wildman–Crippen MR) is 134 cm³/mol. The van der Waals surface area contributed by atoms with Crippen molar-refractivity contribution in [2.75, 3.05) is 17.3 Å². The number of hydrogen-bond donors (Lipinski definition) is 2. The quantitative estimate of drug-likeness (QED) is 0.401. The second-order valence-corrected chi connectivity index (χ2v) is 10.2. The standard InChI is InChI=1S/C25H25N5O4S/c1-16(34-23-12-19(13-27-24(23)26)20-14-28-30(2)15-20)17-6-4-8-21(10-17)29-25(31)18-7-5-9-22(11-18)35(3,32)33/h4-16H,1-3H3,(H2,26,27)(H,29,31). The fourth-order valence-corrected chi connectivity index (χ4v) is 4.14. The van der Waals surface area contributed by atoms with Crippen molar-refractivity contribution in [3.63, 3.8) is 0 Å². The summed E-state index contributed by atoms with van der Waals surface area (Å²) < 4.78 is 31.4. The Labute approximate surface area is 203 Å². The van der Waals surface area contributed by atoms with Crippen molar-refractivity contribution in [1.82, 2.24) is 14.8 Å². The molecule has 0 aliphatic carbocycles. The Morgan fingerprint density at radius 1 is 1.09 bits per heavy atom. The number of amides is 1. The highest BCUT2D eigenvalue weighted by Crippen LogP contribution is 2.31. The van der Waals surface area contributed by atoms with Crippen LogP contribution in [0.1, 0.15) is 28.9 Å². The van der Waals surface area contributed by atoms with Crippen molar-refractivity contribution in [1.29, 1.82) is 0 Å². The predicted octanol–water partition coefficient (Wildman–Crippen LogP) is 3.86. The average Bonchev–Trinajstić information content (AvgIpc) is 3.26. The van der Waals surface area contributed by atoms with Crippen LogP contribution in [-0.4, -0.2) is 35.3 Å². The van der Waals surface area contributed by atoms with Crippen LogP contribution in [-0.2, 0) is 16.9 Å². The van der Waals surface area contributed by atoms with Gasteiger partial charge in [0.2, 0.25) is 0 Å². The number of rotatable bonds is 7. The van der Waals surface area contributed by atoms with E-state index in [0.717, 1.165) is 22.9 Å². The van der Waals surface area contributed by atoms with E-state index in [0.29, 0.717) is 11.4 Å². The second kappa shape index (κ2) is 9.59. The van der Waals surface area contributed by atoms with Gasteiger partial charge in [0.05, 0.1) is 11.1 Å². The number of aryl methyl sites for hydroxylation is 1. The third kappa shape index (κ3) is 5.67. The number of ether oxygens (including phenoxy) is 1. The van der Waals surface area contributed by atoms with E-state index in [9.17, 15) is 13.2 Å². The van der Waals surface area contributed by atoms with Crippen LogP contribution in [0.25, 0.3) is 11.1 Å². The maximum Gasteiger partial charge on any atom is 0.255 e. The number of anilines is 2. The first-order valence-electron chi connectivity index (χ1n) is 10.7. The van der Waals surface area contributed by atoms with Crippen LogP contribution in [0.2, 0.25) is 0 Å². The van der Waals surface area contributed by atoms with Crippen LogP contribution in [0.5, 0.6) is 5.75 Å². The molecule has 10 heteroatoms. The zero-order valence-corrected chi connectivity index (χ0v) is 20.3. The van der Waals surface area contributed by atoms with Crippen LogP contribution < -0.4 is 15.8 Å². The van der Waals surface area contributed by atoms with Crippen LogP contribution in [0, 0.1) is 0 Å². The van der Waals surface area contributed by atoms with Gasteiger partial charge in [-0.25, -0.2) is 13.4 Å². The molecule has 0 fully saturated rings. The number of nitrogens with one attached hydrogen (secondary N) is 1. The number of hydrogen-bond acceptors (Lipinski definition) is 7. The highest BCUT2D eigenvalue weighted by molar-refractivity contribution is 7.90. The van der Waals surface area contributed by atoms with Gasteiger partial charge in [-0.3, -0.25) is 9.48 Å². The third-order valence-electron chi connectivity index (χ3n) is 5.36. The van der Waals surface area contributed by atoms with Gasteiger partial charge in [-0.05, 0) is 48.9 Å². The molecule has 1 unspecified atom stereocenters. The Hall–Kier alpha value is -4.18. The zero-order chi connectivity index (χ0) is 25.2. The van der Waals surface area contributed by atoms with Crippen molar-refractivity contribution in [2.24, 2.45) is 7.05 Å². The minimum absolute atomic E-state index is 0.0839. The van der Waals surface area contributed by atoms with E-state index in [-0.39, 0.29) is 16.3 Å². The number of carbonyl (C=O) groups is 1. The SMILES string of the molecule is CC(Oc1cc(-c2cnn(C)c2)cnc1N)c1cccc(NC(=O)c2cccc(S(C)(=O)=O)c2)c1. The molecular formula is C25H25N5O4S. The van der Waals surface area contributed by atoms with Gasteiger partial charge in [0, 0.05) is 48.1 Å². The van der Waals surface area contributed by atoms with Gasteiger partial charge in [-0.15, -0.1) is 0 Å². The summed E-state index contributed by atoms with van der Waals surface area (Å²) in [6.07, 6.45) is 5.98. The topological polar surface area (TPSA) is 129 Å². The summed E-state index contributed by atoms with van der Waals surface area (Å²) in [5, 5.41) is 6.98. The van der Waals surface area contributed by atoms with Gasteiger partial charge in [-0.2, -0.15) is 5.10 Å². The number of aromatic nitrogens is 3. The molecule has 2 heterocycles. The van der Waals surface area contributed by atoms with Crippen LogP contribution >= 0.6 is 0 Å². The second-order valence-electron chi connectivity index (χ2n) is 8.15. The Kier molecular flexibility index (Phi) is 6.57. The van der Waals surface area contributed by atoms with E-state index in [1.165, 1.54) is 18.2 Å². The van der Waals surface area contributed by atoms with Gasteiger partial charge in [0.15, 0.2) is 21.4 Å². The van der Waals surface area contributed by atoms with Gasteiger partial charge < -0.3 is 15.8 Å². The molecule has 0 saturated heterocycles. The monoisotopic (exact) mass is 491 g/mol. The molecule has 0 saturated carbocycles. The molecule has 0 radical (unpaired) electrons. The first-order valence-corrected chi connectivity index (χ1v) is 12.6. The Bertz CT molecular complexity index is 1500. The minimum Gasteiger partial charge on any atom is -0.482 e. The van der Waals surface area contributed by atoms with Gasteiger partial charge >= 0.3 is 0 Å². The average molecular weight is 492 g/mol. The maximum atomic E-state index is 12.7. The van der Waals surface area contributed by atoms with Gasteiger partial charge in [-0.1, -0.05) is 18.2 Å². The molecule has 0 aliphatic heterocycles. The summed E-state index contributed by atoms with van der Waals surface area (Å²) in [7, 11) is -1.58. The lowest BCUT2D eigenvalue weighted by Crippen LogP contribution is -2.13. The largest absolute Gasteiger partial charge is 0.482 e. The minimum atomic E-state index is -3.42. The van der Waals surface area contributed by atoms with Gasteiger partial charge in [0.1, 0.15) is 6.10 Å². The molecule has 0 bridgehead atoms. The fourth-order valence-electron chi connectivity index (χ4n) is 3.48. The molecule has 9 nitrogen and oxygen atoms in total. The normalized spacial score (nSPS) is 12.2. The first kappa shape index (κ1) is 24.0. The Balaban J connectivity index is 1.51. The van der Waals surface area contributed by atoms with Crippen molar-refractivity contribution in [2.45, 2.75) is 17.9 Å². The lowest BCUT2D eigenvalue weighted by molar-refractivity contribution is 0.102. The van der Waals surface area contributed by atoms with Gasteiger partial charge in [0.25, 0.3) is 5.91 Å². The molecule has 1 atom stereocenters. The van der Waals surface area contributed by atoms with E-state index in [1.807, 2.05) is 32.3 Å². The molecule has 1 amide bonds.